The van der Waals surface area contributed by atoms with Gasteiger partial charge in [0.15, 0.2) is 5.49 Å². The van der Waals surface area contributed by atoms with Crippen LogP contribution in [-0.4, -0.2) is 50.1 Å². The van der Waals surface area contributed by atoms with Gasteiger partial charge in [-0.1, -0.05) is 24.8 Å². The number of allylic oxidation sites excluding steroid dienone is 3. The molecule has 0 aromatic carbocycles. The quantitative estimate of drug-likeness (QED) is 0.127. The molecule has 1 amide bonds. The van der Waals surface area contributed by atoms with Crippen LogP contribution >= 0.6 is 0 Å². The number of carbonyl (C=O) groups excluding carboxylic acids is 2. The summed E-state index contributed by atoms with van der Waals surface area (Å²) >= 11 is 0. The van der Waals surface area contributed by atoms with Crippen LogP contribution in [0, 0.1) is 17.0 Å². The van der Waals surface area contributed by atoms with Crippen LogP contribution in [0.2, 0.25) is 0 Å². The maximum atomic E-state index is 13.6. The van der Waals surface area contributed by atoms with Gasteiger partial charge in [-0.05, 0) is 51.3 Å². The smallest absolute Gasteiger partial charge is 0.341 e. The molecule has 4 rings (SSSR count). The highest BCUT2D eigenvalue weighted by Crippen LogP contribution is 2.18. The van der Waals surface area contributed by atoms with Gasteiger partial charge in [-0.25, -0.2) is 9.78 Å². The summed E-state index contributed by atoms with van der Waals surface area (Å²) in [6.07, 6.45) is 6.53. The number of amides is 1. The summed E-state index contributed by atoms with van der Waals surface area (Å²) in [5.74, 6) is -1.50. The first kappa shape index (κ1) is 29.3. The second-order valence-corrected chi connectivity index (χ2v) is 9.59. The highest BCUT2D eigenvalue weighted by molar-refractivity contribution is 5.94. The largest absolute Gasteiger partial charge is 0.462 e. The molecule has 12 nitrogen and oxygen atoms in total. The summed E-state index contributed by atoms with van der Waals surface area (Å²) in [6.45, 7) is 9.20. The maximum Gasteiger partial charge on any atom is 0.341 e. The Balaban J connectivity index is 2.03. The Labute approximate surface area is 235 Å². The molecule has 214 valence electrons. The van der Waals surface area contributed by atoms with E-state index in [1.807, 2.05) is 13.0 Å². The van der Waals surface area contributed by atoms with Gasteiger partial charge >= 0.3 is 5.97 Å². The molecule has 0 aliphatic carbocycles. The van der Waals surface area contributed by atoms with E-state index in [0.29, 0.717) is 12.3 Å². The number of hydrogen-bond acceptors (Lipinski definition) is 8. The fraction of sp³-hybridized carbons (Fsp3) is 0.345. The third-order valence-corrected chi connectivity index (χ3v) is 6.68. The zero-order valence-electron chi connectivity index (χ0n) is 23.2. The first-order chi connectivity index (χ1) is 19.7. The number of fused-ring (bicyclic) bond motifs is 2. The third kappa shape index (κ3) is 6.22. The molecule has 0 N–H and O–H groups in total. The fourth-order valence-electron chi connectivity index (χ4n) is 4.72. The topological polar surface area (TPSA) is 147 Å². The molecule has 4 heterocycles. The van der Waals surface area contributed by atoms with E-state index in [1.54, 1.807) is 23.8 Å². The van der Waals surface area contributed by atoms with E-state index in [4.69, 9.17) is 14.5 Å². The minimum Gasteiger partial charge on any atom is -0.462 e. The number of carbonyl (C=O) groups is 2. The molecular weight excluding hydrogens is 530 g/mol. The Morgan fingerprint density at radius 3 is 2.80 bits per heavy atom. The van der Waals surface area contributed by atoms with Crippen LogP contribution in [0.15, 0.2) is 70.3 Å². The zero-order chi connectivity index (χ0) is 29.7. The average Bonchev–Trinajstić information content (AvgIpc) is 3.44. The van der Waals surface area contributed by atoms with Crippen molar-refractivity contribution in [3.05, 3.63) is 97.6 Å². The average molecular weight is 562 g/mol. The van der Waals surface area contributed by atoms with Crippen molar-refractivity contribution in [2.45, 2.75) is 52.7 Å². The second kappa shape index (κ2) is 12.6. The molecule has 3 aromatic heterocycles. The molecule has 1 aliphatic heterocycles. The van der Waals surface area contributed by atoms with Crippen molar-refractivity contribution in [2.75, 3.05) is 13.2 Å². The van der Waals surface area contributed by atoms with Gasteiger partial charge in [-0.2, -0.15) is 4.99 Å². The van der Waals surface area contributed by atoms with Crippen LogP contribution in [0.5, 0.6) is 0 Å². The Hall–Kier alpha value is -4.71. The Morgan fingerprint density at radius 1 is 1.37 bits per heavy atom. The van der Waals surface area contributed by atoms with Crippen LogP contribution in [0.3, 0.4) is 0 Å². The molecule has 1 atom stereocenters. The molecule has 1 fully saturated rings. The van der Waals surface area contributed by atoms with Crippen molar-refractivity contribution in [3.63, 3.8) is 0 Å². The van der Waals surface area contributed by atoms with Gasteiger partial charge in [0, 0.05) is 24.5 Å². The van der Waals surface area contributed by atoms with Gasteiger partial charge in [0.1, 0.15) is 16.9 Å². The molecule has 1 saturated heterocycles. The van der Waals surface area contributed by atoms with E-state index in [9.17, 15) is 24.5 Å². The van der Waals surface area contributed by atoms with Gasteiger partial charge in [-0.3, -0.25) is 24.1 Å². The van der Waals surface area contributed by atoms with E-state index >= 15 is 0 Å². The van der Waals surface area contributed by atoms with Crippen molar-refractivity contribution in [3.8, 4) is 0 Å². The highest BCUT2D eigenvalue weighted by Gasteiger charge is 2.24. The predicted molar refractivity (Wildman–Crippen MR) is 151 cm³/mol. The lowest BCUT2D eigenvalue weighted by molar-refractivity contribution is -0.420. The first-order valence-electron chi connectivity index (χ1n) is 13.2. The van der Waals surface area contributed by atoms with Crippen LogP contribution in [0.1, 0.15) is 49.0 Å². The molecule has 3 aromatic rings. The van der Waals surface area contributed by atoms with Gasteiger partial charge in [0.05, 0.1) is 36.0 Å². The zero-order valence-corrected chi connectivity index (χ0v) is 23.2. The summed E-state index contributed by atoms with van der Waals surface area (Å²) < 4.78 is 14.1. The Morgan fingerprint density at radius 2 is 2.15 bits per heavy atom. The molecule has 0 unspecified atom stereocenters. The van der Waals surface area contributed by atoms with Gasteiger partial charge in [0.25, 0.3) is 17.2 Å². The molecule has 0 bridgehead atoms. The van der Waals surface area contributed by atoms with E-state index in [-0.39, 0.29) is 59.0 Å². The second-order valence-electron chi connectivity index (χ2n) is 9.59. The van der Waals surface area contributed by atoms with Crippen LogP contribution in [0.25, 0.3) is 16.7 Å². The minimum absolute atomic E-state index is 0.0494. The number of aryl methyl sites for hydroxylation is 1. The van der Waals surface area contributed by atoms with Gasteiger partial charge in [-0.15, -0.1) is 0 Å². The van der Waals surface area contributed by atoms with Crippen molar-refractivity contribution >= 4 is 28.6 Å². The Bertz CT molecular complexity index is 1740. The van der Waals surface area contributed by atoms with E-state index < -0.39 is 22.4 Å². The Kier molecular flexibility index (Phi) is 9.03. The lowest BCUT2D eigenvalue weighted by atomic mass is 10.1. The van der Waals surface area contributed by atoms with Crippen molar-refractivity contribution in [1.82, 2.24) is 14.0 Å². The van der Waals surface area contributed by atoms with E-state index in [1.165, 1.54) is 35.6 Å². The number of nitro groups is 1. The molecule has 12 heteroatoms. The van der Waals surface area contributed by atoms with Crippen molar-refractivity contribution < 1.29 is 24.0 Å². The summed E-state index contributed by atoms with van der Waals surface area (Å²) in [6, 6.07) is 4.89. The van der Waals surface area contributed by atoms with Crippen LogP contribution < -0.4 is 11.0 Å². The molecule has 0 radical (unpaired) electrons. The van der Waals surface area contributed by atoms with Gasteiger partial charge in [0.2, 0.25) is 0 Å². The number of hydrogen-bond donors (Lipinski definition) is 0. The van der Waals surface area contributed by atoms with E-state index in [2.05, 4.69) is 11.6 Å². The molecule has 1 aliphatic rings. The standard InChI is InChI=1S/C29H31N5O7/c1-5-7-12-23(34(38)39)19(4)15-24(35)30-27-22(29(37)40-6-2)16-21-26(33(27)17-20-11-9-14-41-20)31-25-18(3)10-8-13-32(25)28(21)36/h5,7-8,10,12-13,16,20H,1,6,9,11,14-15,17H2,2-4H3/b12-7-,23-19+,30-27?/t20-/m1/s1. The number of ether oxygens (including phenoxy) is 2. The summed E-state index contributed by atoms with van der Waals surface area (Å²) in [5, 5.41) is 11.7. The highest BCUT2D eigenvalue weighted by atomic mass is 16.6. The van der Waals surface area contributed by atoms with Crippen molar-refractivity contribution in [2.24, 2.45) is 4.99 Å². The minimum atomic E-state index is -0.775. The number of nitrogens with zero attached hydrogens (tertiary/aromatic N) is 5. The molecule has 0 saturated carbocycles. The molecule has 0 spiro atoms. The lowest BCUT2D eigenvalue weighted by Crippen LogP contribution is -2.35. The predicted octanol–water partition coefficient (Wildman–Crippen LogP) is 3.42. The summed E-state index contributed by atoms with van der Waals surface area (Å²) in [7, 11) is 0. The summed E-state index contributed by atoms with van der Waals surface area (Å²) in [4.78, 5) is 60.0. The number of pyridine rings is 2. The first-order valence-corrected chi connectivity index (χ1v) is 13.2. The van der Waals surface area contributed by atoms with Crippen molar-refractivity contribution in [1.29, 1.82) is 0 Å². The number of aromatic nitrogens is 3. The van der Waals surface area contributed by atoms with Gasteiger partial charge < -0.3 is 14.0 Å². The normalized spacial score (nSPS) is 16.4. The lowest BCUT2D eigenvalue weighted by Gasteiger charge is -2.18. The summed E-state index contributed by atoms with van der Waals surface area (Å²) in [5.41, 5.74) is 0.743. The third-order valence-electron chi connectivity index (χ3n) is 6.68. The number of rotatable bonds is 9. The monoisotopic (exact) mass is 561 g/mol. The van der Waals surface area contributed by atoms with Crippen LogP contribution in [0.4, 0.5) is 0 Å². The molecular formula is C29H31N5O7. The fourth-order valence-corrected chi connectivity index (χ4v) is 4.72. The molecule has 41 heavy (non-hydrogen) atoms. The van der Waals surface area contributed by atoms with Crippen LogP contribution in [-0.2, 0) is 20.8 Å². The van der Waals surface area contributed by atoms with E-state index in [0.717, 1.165) is 18.4 Å². The number of esters is 1. The maximum absolute atomic E-state index is 13.6. The SMILES string of the molecule is C=C/C=C\C(=C(\C)CC(=O)N=c1c(C(=O)OCC)cc2c(=O)n3cccc(C)c3nc2n1C[C@H]1CCCO1)[N+](=O)[O-].